The van der Waals surface area contributed by atoms with Crippen LogP contribution in [0.2, 0.25) is 0 Å². The molecule has 0 aliphatic rings. The molecule has 0 bridgehead atoms. The monoisotopic (exact) mass is 410 g/mol. The van der Waals surface area contributed by atoms with Crippen LogP contribution in [-0.2, 0) is 6.61 Å². The highest BCUT2D eigenvalue weighted by Gasteiger charge is 2.05. The number of amides is 1. The predicted molar refractivity (Wildman–Crippen MR) is 123 cm³/mol. The van der Waals surface area contributed by atoms with Crippen LogP contribution in [0, 0.1) is 0 Å². The van der Waals surface area contributed by atoms with E-state index in [2.05, 4.69) is 34.8 Å². The molecule has 0 aromatic heterocycles. The number of benzene rings is 4. The van der Waals surface area contributed by atoms with Gasteiger partial charge in [0, 0.05) is 5.56 Å². The lowest BCUT2D eigenvalue weighted by atomic mass is 10.1. The van der Waals surface area contributed by atoms with Gasteiger partial charge in [0.2, 0.25) is 0 Å². The Labute approximate surface area is 180 Å². The molecular formula is C26H22N2O3. The minimum Gasteiger partial charge on any atom is -0.497 e. The van der Waals surface area contributed by atoms with E-state index in [4.69, 9.17) is 9.47 Å². The molecule has 0 unspecified atom stereocenters. The summed E-state index contributed by atoms with van der Waals surface area (Å²) in [5.74, 6) is 1.09. The highest BCUT2D eigenvalue weighted by Crippen LogP contribution is 2.21. The van der Waals surface area contributed by atoms with Crippen molar-refractivity contribution in [1.82, 2.24) is 5.43 Å². The molecule has 0 aliphatic heterocycles. The third kappa shape index (κ3) is 5.08. The molecule has 5 heteroatoms. The molecule has 31 heavy (non-hydrogen) atoms. The van der Waals surface area contributed by atoms with Gasteiger partial charge in [-0.2, -0.15) is 5.10 Å². The third-order valence-corrected chi connectivity index (χ3v) is 4.87. The van der Waals surface area contributed by atoms with Gasteiger partial charge in [0.1, 0.15) is 18.1 Å². The van der Waals surface area contributed by atoms with Gasteiger partial charge in [-0.15, -0.1) is 0 Å². The smallest absolute Gasteiger partial charge is 0.271 e. The molecule has 0 heterocycles. The van der Waals surface area contributed by atoms with E-state index < -0.39 is 0 Å². The zero-order chi connectivity index (χ0) is 21.5. The number of hydrogen-bond acceptors (Lipinski definition) is 4. The molecule has 0 atom stereocenters. The van der Waals surface area contributed by atoms with Crippen LogP contribution in [0.3, 0.4) is 0 Å². The molecule has 1 N–H and O–H groups in total. The Balaban J connectivity index is 1.34. The fourth-order valence-corrected chi connectivity index (χ4v) is 3.22. The number of carbonyl (C=O) groups excluding carboxylic acids is 1. The predicted octanol–water partition coefficient (Wildman–Crippen LogP) is 5.19. The molecule has 0 saturated heterocycles. The normalized spacial score (nSPS) is 10.9. The van der Waals surface area contributed by atoms with E-state index in [0.29, 0.717) is 17.9 Å². The summed E-state index contributed by atoms with van der Waals surface area (Å²) in [4.78, 5) is 12.2. The van der Waals surface area contributed by atoms with Gasteiger partial charge in [-0.3, -0.25) is 4.79 Å². The zero-order valence-electron chi connectivity index (χ0n) is 17.1. The van der Waals surface area contributed by atoms with Crippen LogP contribution in [0.4, 0.5) is 0 Å². The minimum absolute atomic E-state index is 0.301. The molecule has 0 saturated carbocycles. The van der Waals surface area contributed by atoms with Gasteiger partial charge < -0.3 is 9.47 Å². The maximum absolute atomic E-state index is 12.2. The Hall–Kier alpha value is -4.12. The van der Waals surface area contributed by atoms with Gasteiger partial charge in [-0.25, -0.2) is 5.43 Å². The molecule has 154 valence electrons. The summed E-state index contributed by atoms with van der Waals surface area (Å²) in [7, 11) is 1.56. The van der Waals surface area contributed by atoms with Crippen molar-refractivity contribution < 1.29 is 14.3 Å². The topological polar surface area (TPSA) is 59.9 Å². The Bertz CT molecular complexity index is 1210. The molecule has 4 aromatic carbocycles. The standard InChI is InChI=1S/C26H22N2O3/c1-30-24-10-5-8-21(16-24)26(29)28-27-17-19-12-14-23(15-13-19)31-18-22-9-4-7-20-6-2-3-11-25(20)22/h2-17H,18H2,1H3,(H,28,29)/b27-17+. The molecule has 0 fully saturated rings. The molecule has 0 radical (unpaired) electrons. The average Bonchev–Trinajstić information content (AvgIpc) is 2.83. The Morgan fingerprint density at radius 1 is 0.903 bits per heavy atom. The van der Waals surface area contributed by atoms with E-state index in [1.165, 1.54) is 10.8 Å². The molecule has 4 rings (SSSR count). The van der Waals surface area contributed by atoms with Crippen molar-refractivity contribution in [3.8, 4) is 11.5 Å². The molecule has 0 spiro atoms. The SMILES string of the molecule is COc1cccc(C(=O)N/N=C/c2ccc(OCc3cccc4ccccc34)cc2)c1. The van der Waals surface area contributed by atoms with E-state index in [9.17, 15) is 4.79 Å². The first-order valence-corrected chi connectivity index (χ1v) is 9.90. The number of ether oxygens (including phenoxy) is 2. The van der Waals surface area contributed by atoms with Gasteiger partial charge in [-0.05, 0) is 64.4 Å². The quantitative estimate of drug-likeness (QED) is 0.337. The zero-order valence-corrected chi connectivity index (χ0v) is 17.1. The molecule has 5 nitrogen and oxygen atoms in total. The van der Waals surface area contributed by atoms with Crippen LogP contribution in [-0.4, -0.2) is 19.2 Å². The largest absolute Gasteiger partial charge is 0.497 e. The van der Waals surface area contributed by atoms with Crippen LogP contribution in [0.5, 0.6) is 11.5 Å². The number of fused-ring (bicyclic) bond motifs is 1. The van der Waals surface area contributed by atoms with Crippen molar-refractivity contribution in [3.63, 3.8) is 0 Å². The number of hydrazone groups is 1. The van der Waals surface area contributed by atoms with Crippen molar-refractivity contribution in [2.75, 3.05) is 7.11 Å². The second-order valence-corrected chi connectivity index (χ2v) is 6.93. The van der Waals surface area contributed by atoms with E-state index in [0.717, 1.165) is 16.9 Å². The molecular weight excluding hydrogens is 388 g/mol. The summed E-state index contributed by atoms with van der Waals surface area (Å²) >= 11 is 0. The van der Waals surface area contributed by atoms with E-state index in [1.807, 2.05) is 42.5 Å². The fourth-order valence-electron chi connectivity index (χ4n) is 3.22. The van der Waals surface area contributed by atoms with Gasteiger partial charge in [0.25, 0.3) is 5.91 Å². The highest BCUT2D eigenvalue weighted by atomic mass is 16.5. The van der Waals surface area contributed by atoms with Crippen molar-refractivity contribution in [2.24, 2.45) is 5.10 Å². The van der Waals surface area contributed by atoms with Crippen molar-refractivity contribution in [3.05, 3.63) is 108 Å². The van der Waals surface area contributed by atoms with Crippen LogP contribution >= 0.6 is 0 Å². The highest BCUT2D eigenvalue weighted by molar-refractivity contribution is 5.95. The first-order chi connectivity index (χ1) is 15.2. The second kappa shape index (κ2) is 9.59. The Kier molecular flexibility index (Phi) is 6.24. The Morgan fingerprint density at radius 2 is 1.68 bits per heavy atom. The van der Waals surface area contributed by atoms with Gasteiger partial charge >= 0.3 is 0 Å². The molecule has 4 aromatic rings. The third-order valence-electron chi connectivity index (χ3n) is 4.87. The summed E-state index contributed by atoms with van der Waals surface area (Å²) in [6.07, 6.45) is 1.59. The van der Waals surface area contributed by atoms with Crippen molar-refractivity contribution in [2.45, 2.75) is 6.61 Å². The lowest BCUT2D eigenvalue weighted by molar-refractivity contribution is 0.0955. The first kappa shape index (κ1) is 20.2. The second-order valence-electron chi connectivity index (χ2n) is 6.93. The molecule has 1 amide bonds. The van der Waals surface area contributed by atoms with E-state index in [-0.39, 0.29) is 5.91 Å². The van der Waals surface area contributed by atoms with Crippen LogP contribution in [0.15, 0.2) is 96.1 Å². The Morgan fingerprint density at radius 3 is 2.52 bits per heavy atom. The van der Waals surface area contributed by atoms with Crippen LogP contribution in [0.1, 0.15) is 21.5 Å². The maximum Gasteiger partial charge on any atom is 0.271 e. The summed E-state index contributed by atoms with van der Waals surface area (Å²) in [6, 6.07) is 28.9. The van der Waals surface area contributed by atoms with E-state index >= 15 is 0 Å². The number of methoxy groups -OCH3 is 1. The van der Waals surface area contributed by atoms with Gasteiger partial charge in [0.15, 0.2) is 0 Å². The number of carbonyl (C=O) groups is 1. The maximum atomic E-state index is 12.2. The number of nitrogens with one attached hydrogen (secondary N) is 1. The van der Waals surface area contributed by atoms with Crippen LogP contribution in [0.25, 0.3) is 10.8 Å². The number of rotatable bonds is 7. The summed E-state index contributed by atoms with van der Waals surface area (Å²) < 4.78 is 11.1. The number of nitrogens with zero attached hydrogens (tertiary/aromatic N) is 1. The van der Waals surface area contributed by atoms with Gasteiger partial charge in [0.05, 0.1) is 13.3 Å². The van der Waals surface area contributed by atoms with Crippen molar-refractivity contribution >= 4 is 22.9 Å². The van der Waals surface area contributed by atoms with E-state index in [1.54, 1.807) is 37.6 Å². The summed E-state index contributed by atoms with van der Waals surface area (Å²) in [5, 5.41) is 6.42. The summed E-state index contributed by atoms with van der Waals surface area (Å²) in [6.45, 7) is 0.491. The first-order valence-electron chi connectivity index (χ1n) is 9.90. The van der Waals surface area contributed by atoms with Crippen molar-refractivity contribution in [1.29, 1.82) is 0 Å². The summed E-state index contributed by atoms with van der Waals surface area (Å²) in [5.41, 5.74) is 4.99. The lowest BCUT2D eigenvalue weighted by Gasteiger charge is -2.09. The van der Waals surface area contributed by atoms with Gasteiger partial charge in [-0.1, -0.05) is 48.5 Å². The average molecular weight is 410 g/mol. The minimum atomic E-state index is -0.301. The lowest BCUT2D eigenvalue weighted by Crippen LogP contribution is -2.17. The van der Waals surface area contributed by atoms with Crippen LogP contribution < -0.4 is 14.9 Å². The molecule has 0 aliphatic carbocycles. The fraction of sp³-hybridized carbons (Fsp3) is 0.0769. The number of hydrogen-bond donors (Lipinski definition) is 1.